The van der Waals surface area contributed by atoms with Crippen molar-refractivity contribution in [3.05, 3.63) is 52.5 Å². The predicted molar refractivity (Wildman–Crippen MR) is 138 cm³/mol. The van der Waals surface area contributed by atoms with Gasteiger partial charge < -0.3 is 25.4 Å². The predicted octanol–water partition coefficient (Wildman–Crippen LogP) is 4.42. The minimum atomic E-state index is -1.39. The second-order valence-electron chi connectivity index (χ2n) is 8.63. The molecule has 3 N–H and O–H groups in total. The van der Waals surface area contributed by atoms with Crippen molar-refractivity contribution in [1.82, 2.24) is 10.6 Å². The molecular formula is C25H29Cl2N3O6. The number of hydrogen-bond acceptors (Lipinski definition) is 6. The van der Waals surface area contributed by atoms with Crippen LogP contribution in [0.15, 0.2) is 42.5 Å². The first-order chi connectivity index (χ1) is 16.9. The van der Waals surface area contributed by atoms with E-state index in [1.165, 1.54) is 0 Å². The molecule has 3 amide bonds. The molecule has 1 atom stereocenters. The zero-order valence-electron chi connectivity index (χ0n) is 20.4. The highest BCUT2D eigenvalue weighted by Crippen LogP contribution is 2.36. The number of rotatable bonds is 9. The van der Waals surface area contributed by atoms with Gasteiger partial charge in [-0.1, -0.05) is 53.5 Å². The summed E-state index contributed by atoms with van der Waals surface area (Å²) in [6.45, 7) is 5.88. The van der Waals surface area contributed by atoms with Crippen LogP contribution in [-0.2, 0) is 23.9 Å². The number of carbonyl (C=O) groups excluding carboxylic acids is 4. The van der Waals surface area contributed by atoms with E-state index in [9.17, 15) is 19.2 Å². The molecule has 0 unspecified atom stereocenters. The van der Waals surface area contributed by atoms with Gasteiger partial charge in [-0.05, 0) is 51.0 Å². The van der Waals surface area contributed by atoms with Crippen molar-refractivity contribution >= 4 is 52.8 Å². The van der Waals surface area contributed by atoms with Crippen LogP contribution in [-0.4, -0.2) is 49.2 Å². The van der Waals surface area contributed by atoms with Gasteiger partial charge in [0, 0.05) is 6.54 Å². The fraction of sp³-hybridized carbons (Fsp3) is 0.360. The van der Waals surface area contributed by atoms with Gasteiger partial charge in [0.05, 0.1) is 28.9 Å². The van der Waals surface area contributed by atoms with Gasteiger partial charge in [0.25, 0.3) is 0 Å². The number of hydrogen-bond donors (Lipinski definition) is 3. The molecule has 36 heavy (non-hydrogen) atoms. The van der Waals surface area contributed by atoms with E-state index in [4.69, 9.17) is 32.7 Å². The smallest absolute Gasteiger partial charge is 0.408 e. The Bertz CT molecular complexity index is 1080. The van der Waals surface area contributed by atoms with E-state index >= 15 is 0 Å². The average molecular weight is 538 g/mol. The molecule has 0 aliphatic rings. The van der Waals surface area contributed by atoms with Gasteiger partial charge in [-0.25, -0.2) is 4.79 Å². The molecule has 0 fully saturated rings. The van der Waals surface area contributed by atoms with E-state index in [1.54, 1.807) is 39.8 Å². The zero-order valence-corrected chi connectivity index (χ0v) is 22.0. The highest BCUT2D eigenvalue weighted by Gasteiger charge is 2.30. The third-order valence-electron chi connectivity index (χ3n) is 4.58. The summed E-state index contributed by atoms with van der Waals surface area (Å²) in [5.41, 5.74) is 1.02. The lowest BCUT2D eigenvalue weighted by Gasteiger charge is -2.20. The van der Waals surface area contributed by atoms with Gasteiger partial charge in [-0.3, -0.25) is 14.4 Å². The maximum Gasteiger partial charge on any atom is 0.408 e. The fourth-order valence-corrected chi connectivity index (χ4v) is 3.55. The molecule has 194 valence electrons. The van der Waals surface area contributed by atoms with Crippen LogP contribution in [0.25, 0.3) is 11.1 Å². The molecule has 0 bridgehead atoms. The average Bonchev–Trinajstić information content (AvgIpc) is 2.79. The van der Waals surface area contributed by atoms with Crippen LogP contribution >= 0.6 is 23.2 Å². The molecule has 0 spiro atoms. The molecule has 9 nitrogen and oxygen atoms in total. The molecule has 0 aliphatic heterocycles. The maximum atomic E-state index is 13.0. The minimum absolute atomic E-state index is 0.0318. The van der Waals surface area contributed by atoms with Crippen molar-refractivity contribution < 1.29 is 28.7 Å². The molecule has 11 heteroatoms. The number of carbonyl (C=O) groups is 4. The highest BCUT2D eigenvalue weighted by atomic mass is 35.5. The lowest BCUT2D eigenvalue weighted by atomic mass is 10.0. The maximum absolute atomic E-state index is 13.0. The van der Waals surface area contributed by atoms with E-state index < -0.39 is 41.9 Å². The number of anilines is 1. The van der Waals surface area contributed by atoms with E-state index in [0.29, 0.717) is 0 Å². The molecule has 0 saturated heterocycles. The van der Waals surface area contributed by atoms with Crippen LogP contribution in [0.3, 0.4) is 0 Å². The molecular weight excluding hydrogens is 509 g/mol. The minimum Gasteiger partial charge on any atom is -0.465 e. The zero-order chi connectivity index (χ0) is 26.9. The van der Waals surface area contributed by atoms with Gasteiger partial charge in [0.2, 0.25) is 11.8 Å². The Balaban J connectivity index is 2.08. The van der Waals surface area contributed by atoms with Crippen molar-refractivity contribution in [3.63, 3.8) is 0 Å². The van der Waals surface area contributed by atoms with Crippen molar-refractivity contribution in [1.29, 1.82) is 0 Å². The number of alkyl carbamates (subject to hydrolysis) is 1. The Morgan fingerprint density at radius 1 is 0.944 bits per heavy atom. The Morgan fingerprint density at radius 3 is 2.11 bits per heavy atom. The summed E-state index contributed by atoms with van der Waals surface area (Å²) in [6, 6.07) is 12.7. The third kappa shape index (κ3) is 9.05. The number of esters is 1. The molecule has 2 aromatic carbocycles. The molecule has 0 radical (unpaired) electrons. The number of nitrogens with one attached hydrogen (secondary N) is 3. The highest BCUT2D eigenvalue weighted by molar-refractivity contribution is 6.40. The summed E-state index contributed by atoms with van der Waals surface area (Å²) in [5, 5.41) is 7.62. The van der Waals surface area contributed by atoms with Crippen LogP contribution in [0.5, 0.6) is 0 Å². The largest absolute Gasteiger partial charge is 0.465 e. The first-order valence-electron chi connectivity index (χ1n) is 11.2. The quantitative estimate of drug-likeness (QED) is 0.321. The van der Waals surface area contributed by atoms with Crippen molar-refractivity contribution in [3.8, 4) is 11.1 Å². The first-order valence-corrected chi connectivity index (χ1v) is 11.9. The second-order valence-corrected chi connectivity index (χ2v) is 9.45. The summed E-state index contributed by atoms with van der Waals surface area (Å²) in [5.74, 6) is -3.64. The summed E-state index contributed by atoms with van der Waals surface area (Å²) in [7, 11) is 0. The van der Waals surface area contributed by atoms with Crippen LogP contribution < -0.4 is 16.0 Å². The second kappa shape index (κ2) is 13.1. The SMILES string of the molecule is CCOC(=O)[C@@H](CNC(=O)CNC(=O)OC(C)(C)C)C(=O)Nc1c(Cl)cc(-c2ccccc2)cc1Cl. The van der Waals surface area contributed by atoms with Crippen molar-refractivity contribution in [2.24, 2.45) is 5.92 Å². The van der Waals surface area contributed by atoms with Crippen LogP contribution in [0.4, 0.5) is 10.5 Å². The Kier molecular flexibility index (Phi) is 10.6. The van der Waals surface area contributed by atoms with Crippen molar-refractivity contribution in [2.75, 3.05) is 25.0 Å². The fourth-order valence-electron chi connectivity index (χ4n) is 2.97. The summed E-state index contributed by atoms with van der Waals surface area (Å²) < 4.78 is 10.0. The molecule has 2 aromatic rings. The molecule has 0 saturated carbocycles. The van der Waals surface area contributed by atoms with E-state index in [2.05, 4.69) is 16.0 Å². The molecule has 0 heterocycles. The van der Waals surface area contributed by atoms with Gasteiger partial charge in [0.1, 0.15) is 5.60 Å². The van der Waals surface area contributed by atoms with Gasteiger partial charge in [-0.2, -0.15) is 0 Å². The van der Waals surface area contributed by atoms with Crippen LogP contribution in [0.1, 0.15) is 27.7 Å². The molecule has 2 rings (SSSR count). The molecule has 0 aliphatic carbocycles. The topological polar surface area (TPSA) is 123 Å². The lowest BCUT2D eigenvalue weighted by molar-refractivity contribution is -0.150. The number of amides is 3. The Morgan fingerprint density at radius 2 is 1.56 bits per heavy atom. The number of ether oxygens (including phenoxy) is 2. The molecule has 0 aromatic heterocycles. The van der Waals surface area contributed by atoms with E-state index in [-0.39, 0.29) is 28.9 Å². The number of halogens is 2. The third-order valence-corrected chi connectivity index (χ3v) is 5.18. The van der Waals surface area contributed by atoms with Crippen LogP contribution in [0.2, 0.25) is 10.0 Å². The Labute approximate surface area is 219 Å². The van der Waals surface area contributed by atoms with Gasteiger partial charge in [0.15, 0.2) is 5.92 Å². The Hall–Kier alpha value is -3.30. The lowest BCUT2D eigenvalue weighted by Crippen LogP contribution is -2.44. The van der Waals surface area contributed by atoms with E-state index in [1.807, 2.05) is 30.3 Å². The summed E-state index contributed by atoms with van der Waals surface area (Å²) in [6.07, 6.45) is -0.777. The normalized spacial score (nSPS) is 11.7. The standard InChI is InChI=1S/C25H29Cl2N3O6/c1-5-35-23(33)17(13-28-20(31)14-29-24(34)36-25(2,3)4)22(32)30-21-18(26)11-16(12-19(21)27)15-9-7-6-8-10-15/h6-12,17H,5,13-14H2,1-4H3,(H,28,31)(H,29,34)(H,30,32)/t17-/m0/s1. The first kappa shape index (κ1) is 28.9. The summed E-state index contributed by atoms with van der Waals surface area (Å²) >= 11 is 12.8. The van der Waals surface area contributed by atoms with Gasteiger partial charge >= 0.3 is 12.1 Å². The van der Waals surface area contributed by atoms with Gasteiger partial charge in [-0.15, -0.1) is 0 Å². The van der Waals surface area contributed by atoms with Crippen molar-refractivity contribution in [2.45, 2.75) is 33.3 Å². The number of benzene rings is 2. The monoisotopic (exact) mass is 537 g/mol. The van der Waals surface area contributed by atoms with Crippen LogP contribution in [0, 0.1) is 5.92 Å². The van der Waals surface area contributed by atoms with E-state index in [0.717, 1.165) is 11.1 Å². The summed E-state index contributed by atoms with van der Waals surface area (Å²) in [4.78, 5) is 49.2.